The normalized spacial score (nSPS) is 16.2. The third-order valence-corrected chi connectivity index (χ3v) is 2.65. The van der Waals surface area contributed by atoms with Gasteiger partial charge in [-0.1, -0.05) is 0 Å². The fourth-order valence-corrected chi connectivity index (χ4v) is 1.79. The van der Waals surface area contributed by atoms with Crippen LogP contribution in [-0.2, 0) is 4.74 Å². The van der Waals surface area contributed by atoms with Crippen LogP contribution in [0.3, 0.4) is 0 Å². The summed E-state index contributed by atoms with van der Waals surface area (Å²) in [6.45, 7) is 4.79. The van der Waals surface area contributed by atoms with E-state index in [1.54, 1.807) is 13.0 Å². The third-order valence-electron chi connectivity index (χ3n) is 2.65. The predicted octanol–water partition coefficient (Wildman–Crippen LogP) is 1.54. The molecule has 0 aromatic heterocycles. The zero-order valence-corrected chi connectivity index (χ0v) is 9.10. The lowest BCUT2D eigenvalue weighted by Gasteiger charge is -2.28. The lowest BCUT2D eigenvalue weighted by Crippen LogP contribution is -2.36. The van der Waals surface area contributed by atoms with Crippen LogP contribution in [0.5, 0.6) is 0 Å². The van der Waals surface area contributed by atoms with Gasteiger partial charge in [-0.2, -0.15) is 0 Å². The molecule has 0 unspecified atom stereocenters. The molecule has 0 atom stereocenters. The molecule has 1 aliphatic rings. The topological polar surface area (TPSA) is 55.6 Å². The van der Waals surface area contributed by atoms with Gasteiger partial charge in [0.2, 0.25) is 0 Å². The van der Waals surface area contributed by atoms with E-state index in [1.807, 2.05) is 6.07 Å². The number of hydrogen-bond acceptors (Lipinski definition) is 4. The minimum atomic E-state index is -0.404. The van der Waals surface area contributed by atoms with Crippen LogP contribution in [0.25, 0.3) is 0 Å². The van der Waals surface area contributed by atoms with Crippen molar-refractivity contribution < 1.29 is 9.66 Å². The Morgan fingerprint density at radius 2 is 2.19 bits per heavy atom. The van der Waals surface area contributed by atoms with Crippen LogP contribution in [0.2, 0.25) is 0 Å². The van der Waals surface area contributed by atoms with Crippen molar-refractivity contribution in [2.75, 3.05) is 31.2 Å². The minimum Gasteiger partial charge on any atom is -0.378 e. The highest BCUT2D eigenvalue weighted by Gasteiger charge is 2.15. The van der Waals surface area contributed by atoms with E-state index in [1.165, 1.54) is 0 Å². The van der Waals surface area contributed by atoms with Crippen LogP contribution in [0, 0.1) is 23.1 Å². The molecule has 1 fully saturated rings. The van der Waals surface area contributed by atoms with Crippen molar-refractivity contribution in [3.8, 4) is 0 Å². The summed E-state index contributed by atoms with van der Waals surface area (Å²) < 4.78 is 5.25. The molecule has 0 saturated carbocycles. The third kappa shape index (κ3) is 2.14. The van der Waals surface area contributed by atoms with Gasteiger partial charge in [-0.25, -0.2) is 0 Å². The van der Waals surface area contributed by atoms with Crippen LogP contribution in [0.15, 0.2) is 12.1 Å². The Kier molecular flexibility index (Phi) is 3.05. The molecular weight excluding hydrogens is 208 g/mol. The number of nitro benzene ring substituents is 1. The molecule has 1 aliphatic heterocycles. The number of benzene rings is 1. The molecule has 2 rings (SSSR count). The monoisotopic (exact) mass is 221 g/mol. The highest BCUT2D eigenvalue weighted by Crippen LogP contribution is 2.24. The Morgan fingerprint density at radius 3 is 2.75 bits per heavy atom. The molecule has 0 bridgehead atoms. The summed E-state index contributed by atoms with van der Waals surface area (Å²) in [5, 5.41) is 10.7. The minimum absolute atomic E-state index is 0.0528. The van der Waals surface area contributed by atoms with Crippen LogP contribution < -0.4 is 4.90 Å². The first-order valence-corrected chi connectivity index (χ1v) is 5.18. The largest absolute Gasteiger partial charge is 0.378 e. The SMILES string of the molecule is Cc1cc(N2CCOCC2)c[c]c1[N+](=O)[O-]. The van der Waals surface area contributed by atoms with E-state index in [0.717, 1.165) is 18.8 Å². The maximum absolute atomic E-state index is 10.7. The van der Waals surface area contributed by atoms with Crippen molar-refractivity contribution >= 4 is 11.4 Å². The molecule has 16 heavy (non-hydrogen) atoms. The van der Waals surface area contributed by atoms with Gasteiger partial charge in [0.25, 0.3) is 5.69 Å². The van der Waals surface area contributed by atoms with Crippen molar-refractivity contribution in [1.82, 2.24) is 0 Å². The van der Waals surface area contributed by atoms with E-state index in [4.69, 9.17) is 4.74 Å². The molecule has 1 heterocycles. The van der Waals surface area contributed by atoms with Crippen molar-refractivity contribution in [3.63, 3.8) is 0 Å². The molecule has 1 saturated heterocycles. The van der Waals surface area contributed by atoms with Crippen LogP contribution in [0.4, 0.5) is 11.4 Å². The van der Waals surface area contributed by atoms with E-state index in [-0.39, 0.29) is 5.69 Å². The zero-order valence-electron chi connectivity index (χ0n) is 9.10. The molecule has 0 amide bonds. The first-order chi connectivity index (χ1) is 7.68. The second-order valence-corrected chi connectivity index (χ2v) is 3.75. The predicted molar refractivity (Wildman–Crippen MR) is 59.7 cm³/mol. The average Bonchev–Trinajstić information content (AvgIpc) is 2.29. The summed E-state index contributed by atoms with van der Waals surface area (Å²) in [6.07, 6.45) is 0. The molecule has 5 heteroatoms. The standard InChI is InChI=1S/C11H13N2O3/c1-9-8-10(2-3-11(9)13(14)15)12-4-6-16-7-5-12/h2,8H,4-7H2,1H3. The lowest BCUT2D eigenvalue weighted by atomic mass is 10.1. The summed E-state index contributed by atoms with van der Waals surface area (Å²) in [4.78, 5) is 12.4. The highest BCUT2D eigenvalue weighted by molar-refractivity contribution is 5.54. The number of aryl methyl sites for hydroxylation is 1. The van der Waals surface area contributed by atoms with E-state index < -0.39 is 4.92 Å². The molecule has 85 valence electrons. The summed E-state index contributed by atoms with van der Waals surface area (Å²) in [5.74, 6) is 0. The van der Waals surface area contributed by atoms with Crippen LogP contribution >= 0.6 is 0 Å². The maximum atomic E-state index is 10.7. The second kappa shape index (κ2) is 4.49. The average molecular weight is 221 g/mol. The van der Waals surface area contributed by atoms with Crippen molar-refractivity contribution in [2.24, 2.45) is 0 Å². The van der Waals surface area contributed by atoms with Gasteiger partial charge in [0.1, 0.15) is 0 Å². The molecule has 0 aliphatic carbocycles. The Bertz CT molecular complexity index is 400. The van der Waals surface area contributed by atoms with E-state index >= 15 is 0 Å². The van der Waals surface area contributed by atoms with Crippen LogP contribution in [-0.4, -0.2) is 31.2 Å². The molecule has 1 aromatic rings. The number of nitro groups is 1. The van der Waals surface area contributed by atoms with Crippen LogP contribution in [0.1, 0.15) is 5.56 Å². The van der Waals surface area contributed by atoms with Gasteiger partial charge in [0.05, 0.1) is 24.2 Å². The first-order valence-electron chi connectivity index (χ1n) is 5.18. The van der Waals surface area contributed by atoms with E-state index in [9.17, 15) is 10.1 Å². The Labute approximate surface area is 93.8 Å². The molecular formula is C11H13N2O3. The van der Waals surface area contributed by atoms with Gasteiger partial charge in [-0.3, -0.25) is 10.1 Å². The van der Waals surface area contributed by atoms with Crippen molar-refractivity contribution in [1.29, 1.82) is 0 Å². The maximum Gasteiger partial charge on any atom is 0.280 e. The van der Waals surface area contributed by atoms with Gasteiger partial charge in [-0.15, -0.1) is 0 Å². The van der Waals surface area contributed by atoms with Gasteiger partial charge in [0.15, 0.2) is 0 Å². The Hall–Kier alpha value is -1.62. The fraction of sp³-hybridized carbons (Fsp3) is 0.455. The summed E-state index contributed by atoms with van der Waals surface area (Å²) in [5.41, 5.74) is 1.68. The summed E-state index contributed by atoms with van der Waals surface area (Å²) in [6, 6.07) is 6.23. The van der Waals surface area contributed by atoms with Gasteiger partial charge >= 0.3 is 0 Å². The van der Waals surface area contributed by atoms with E-state index in [2.05, 4.69) is 11.0 Å². The summed E-state index contributed by atoms with van der Waals surface area (Å²) in [7, 11) is 0. The fourth-order valence-electron chi connectivity index (χ4n) is 1.79. The number of morpholine rings is 1. The van der Waals surface area contributed by atoms with Gasteiger partial charge in [-0.05, 0) is 19.1 Å². The van der Waals surface area contributed by atoms with Crippen molar-refractivity contribution in [3.05, 3.63) is 33.9 Å². The van der Waals surface area contributed by atoms with E-state index in [0.29, 0.717) is 18.8 Å². The number of ether oxygens (including phenoxy) is 1. The summed E-state index contributed by atoms with van der Waals surface area (Å²) >= 11 is 0. The molecule has 0 N–H and O–H groups in total. The van der Waals surface area contributed by atoms with Gasteiger partial charge in [0, 0.05) is 24.3 Å². The zero-order chi connectivity index (χ0) is 11.5. The quantitative estimate of drug-likeness (QED) is 0.561. The van der Waals surface area contributed by atoms with Gasteiger partial charge < -0.3 is 9.64 Å². The highest BCUT2D eigenvalue weighted by atomic mass is 16.6. The Balaban J connectivity index is 2.23. The Morgan fingerprint density at radius 1 is 1.50 bits per heavy atom. The number of nitrogens with zero attached hydrogens (tertiary/aromatic N) is 2. The number of hydrogen-bond donors (Lipinski definition) is 0. The molecule has 1 radical (unpaired) electrons. The number of rotatable bonds is 2. The number of anilines is 1. The smallest absolute Gasteiger partial charge is 0.280 e. The first kappa shape index (κ1) is 10.9. The lowest BCUT2D eigenvalue weighted by molar-refractivity contribution is -0.385. The van der Waals surface area contributed by atoms with Crippen molar-refractivity contribution in [2.45, 2.75) is 6.92 Å². The molecule has 5 nitrogen and oxygen atoms in total. The molecule has 0 spiro atoms. The second-order valence-electron chi connectivity index (χ2n) is 3.75. The molecule has 1 aromatic carbocycles.